The van der Waals surface area contributed by atoms with E-state index in [1.54, 1.807) is 0 Å². The first-order chi connectivity index (χ1) is 22.3. The highest BCUT2D eigenvalue weighted by atomic mass is 28.4. The molecule has 252 valence electrons. The summed E-state index contributed by atoms with van der Waals surface area (Å²) in [5.74, 6) is 0. The largest absolute Gasteiger partial charge is 0.448 e. The topological polar surface area (TPSA) is 27.7 Å². The van der Waals surface area contributed by atoms with E-state index in [-0.39, 0.29) is 0 Å². The van der Waals surface area contributed by atoms with Gasteiger partial charge in [-0.1, -0.05) is 149 Å². The van der Waals surface area contributed by atoms with Gasteiger partial charge in [-0.25, -0.2) is 0 Å². The molecule has 0 aromatic heterocycles. The lowest BCUT2D eigenvalue weighted by Crippen LogP contribution is -2.85. The monoisotopic (exact) mass is 698 g/mol. The Kier molecular flexibility index (Phi) is 12.0. The standard InChI is InChI=1S/C40H58O3Si4/c1-11-39(12-2,41-44(5,6)7)46(35-27-19-15-20-28-35,36-29-21-16-22-30-36)42-40(13-3,14-4)47(43-45(8,9)10,37-31-23-17-24-32-37)38-33-25-18-26-34-38/h15-34H,11-14H2,1-10H3. The van der Waals surface area contributed by atoms with Crippen molar-refractivity contribution in [2.75, 3.05) is 0 Å². The van der Waals surface area contributed by atoms with Crippen LogP contribution in [0.1, 0.15) is 53.4 Å². The molecule has 4 aromatic rings. The average Bonchev–Trinajstić information content (AvgIpc) is 3.08. The molecule has 0 atom stereocenters. The lowest BCUT2D eigenvalue weighted by atomic mass is 10.2. The highest BCUT2D eigenvalue weighted by Gasteiger charge is 2.67. The Morgan fingerprint density at radius 3 is 0.915 bits per heavy atom. The summed E-state index contributed by atoms with van der Waals surface area (Å²) >= 11 is 0. The molecule has 47 heavy (non-hydrogen) atoms. The molecule has 7 heteroatoms. The quantitative estimate of drug-likeness (QED) is 0.110. The Balaban J connectivity index is 2.26. The van der Waals surface area contributed by atoms with Gasteiger partial charge in [0.05, 0.1) is 10.4 Å². The van der Waals surface area contributed by atoms with Gasteiger partial charge in [0, 0.05) is 0 Å². The highest BCUT2D eigenvalue weighted by molar-refractivity contribution is 7.06. The van der Waals surface area contributed by atoms with Gasteiger partial charge in [0.15, 0.2) is 16.6 Å². The van der Waals surface area contributed by atoms with E-state index in [9.17, 15) is 0 Å². The maximum atomic E-state index is 8.60. The molecule has 0 unspecified atom stereocenters. The molecule has 0 spiro atoms. The van der Waals surface area contributed by atoms with Crippen molar-refractivity contribution in [2.24, 2.45) is 0 Å². The van der Waals surface area contributed by atoms with Crippen molar-refractivity contribution < 1.29 is 13.0 Å². The van der Waals surface area contributed by atoms with E-state index in [1.165, 1.54) is 20.7 Å². The fraction of sp³-hybridized carbons (Fsp3) is 0.400. The van der Waals surface area contributed by atoms with Gasteiger partial charge >= 0.3 is 0 Å². The van der Waals surface area contributed by atoms with Gasteiger partial charge in [-0.3, -0.25) is 0 Å². The molecule has 0 amide bonds. The molecule has 0 saturated heterocycles. The number of rotatable bonds is 16. The molecule has 0 radical (unpaired) electrons. The van der Waals surface area contributed by atoms with E-state index in [0.717, 1.165) is 25.7 Å². The van der Waals surface area contributed by atoms with E-state index < -0.39 is 43.7 Å². The van der Waals surface area contributed by atoms with E-state index in [1.807, 2.05) is 0 Å². The zero-order valence-corrected chi connectivity index (χ0v) is 34.6. The SMILES string of the molecule is CCC(CC)(O[Si](C)(C)C)[Si](OC(CC)(CC)[Si](O[Si](C)(C)C)(c1ccccc1)c1ccccc1)(c1ccccc1)c1ccccc1. The minimum Gasteiger partial charge on any atom is -0.448 e. The predicted octanol–water partition coefficient (Wildman–Crippen LogP) is 8.42. The zero-order chi connectivity index (χ0) is 34.4. The summed E-state index contributed by atoms with van der Waals surface area (Å²) in [5, 5.41) is 3.93. The summed E-state index contributed by atoms with van der Waals surface area (Å²) in [5.41, 5.74) is 0. The predicted molar refractivity (Wildman–Crippen MR) is 212 cm³/mol. The molecule has 0 bridgehead atoms. The second-order valence-electron chi connectivity index (χ2n) is 14.8. The van der Waals surface area contributed by atoms with Crippen molar-refractivity contribution in [1.29, 1.82) is 0 Å². The van der Waals surface area contributed by atoms with E-state index in [0.29, 0.717) is 0 Å². The summed E-state index contributed by atoms with van der Waals surface area (Å²) in [6.07, 6.45) is 3.34. The molecule has 0 aliphatic carbocycles. The summed E-state index contributed by atoms with van der Waals surface area (Å²) in [6.45, 7) is 23.3. The van der Waals surface area contributed by atoms with Crippen molar-refractivity contribution >= 4 is 54.0 Å². The molecular formula is C40H58O3Si4. The zero-order valence-electron chi connectivity index (χ0n) is 30.6. The summed E-state index contributed by atoms with van der Waals surface area (Å²) in [4.78, 5) is 0. The molecule has 0 aliphatic heterocycles. The van der Waals surface area contributed by atoms with Crippen molar-refractivity contribution in [3.63, 3.8) is 0 Å². The minimum atomic E-state index is -3.28. The maximum absolute atomic E-state index is 8.60. The van der Waals surface area contributed by atoms with Crippen LogP contribution < -0.4 is 20.7 Å². The normalized spacial score (nSPS) is 13.5. The Bertz CT molecular complexity index is 1430. The minimum absolute atomic E-state index is 0.511. The van der Waals surface area contributed by atoms with E-state index in [2.05, 4.69) is 188 Å². The van der Waals surface area contributed by atoms with Crippen LogP contribution >= 0.6 is 0 Å². The van der Waals surface area contributed by atoms with Crippen LogP contribution in [0.4, 0.5) is 0 Å². The Morgan fingerprint density at radius 1 is 0.383 bits per heavy atom. The van der Waals surface area contributed by atoms with Crippen LogP contribution in [0.25, 0.3) is 0 Å². The third-order valence-electron chi connectivity index (χ3n) is 9.60. The van der Waals surface area contributed by atoms with Gasteiger partial charge in [-0.2, -0.15) is 0 Å². The first-order valence-electron chi connectivity index (χ1n) is 17.6. The molecular weight excluding hydrogens is 641 g/mol. The van der Waals surface area contributed by atoms with Crippen LogP contribution in [0.5, 0.6) is 0 Å². The van der Waals surface area contributed by atoms with Crippen LogP contribution in [0, 0.1) is 0 Å². The van der Waals surface area contributed by atoms with Crippen LogP contribution in [0.15, 0.2) is 121 Å². The fourth-order valence-corrected chi connectivity index (χ4v) is 25.8. The molecule has 0 aliphatic rings. The molecule has 0 N–H and O–H groups in total. The third-order valence-corrected chi connectivity index (χ3v) is 24.2. The van der Waals surface area contributed by atoms with Crippen molar-refractivity contribution in [1.82, 2.24) is 0 Å². The number of hydrogen-bond acceptors (Lipinski definition) is 3. The summed E-state index contributed by atoms with van der Waals surface area (Å²) < 4.78 is 24.1. The van der Waals surface area contributed by atoms with Crippen molar-refractivity contribution in [3.8, 4) is 0 Å². The Morgan fingerprint density at radius 2 is 0.660 bits per heavy atom. The van der Waals surface area contributed by atoms with Gasteiger partial charge in [0.2, 0.25) is 0 Å². The van der Waals surface area contributed by atoms with Crippen LogP contribution in [0.3, 0.4) is 0 Å². The Labute approximate surface area is 290 Å². The van der Waals surface area contributed by atoms with Gasteiger partial charge in [-0.05, 0) is 85.7 Å². The van der Waals surface area contributed by atoms with Crippen LogP contribution in [-0.2, 0) is 13.0 Å². The molecule has 0 saturated carbocycles. The molecule has 3 nitrogen and oxygen atoms in total. The van der Waals surface area contributed by atoms with Gasteiger partial charge in [-0.15, -0.1) is 0 Å². The molecule has 4 rings (SSSR count). The van der Waals surface area contributed by atoms with E-state index in [4.69, 9.17) is 13.0 Å². The Hall–Kier alpha value is -2.37. The second-order valence-corrected chi connectivity index (χ2v) is 31.3. The molecule has 0 heterocycles. The smallest absolute Gasteiger partial charge is 0.286 e. The number of benzene rings is 4. The third kappa shape index (κ3) is 7.32. The van der Waals surface area contributed by atoms with Gasteiger partial charge in [0.25, 0.3) is 16.6 Å². The second kappa shape index (κ2) is 15.0. The lowest BCUT2D eigenvalue weighted by molar-refractivity contribution is 0.0556. The van der Waals surface area contributed by atoms with Crippen molar-refractivity contribution in [2.45, 2.75) is 103 Å². The van der Waals surface area contributed by atoms with Gasteiger partial charge < -0.3 is 13.0 Å². The molecule has 0 fully saturated rings. The summed E-state index contributed by atoms with van der Waals surface area (Å²) in [6, 6.07) is 44.5. The highest BCUT2D eigenvalue weighted by Crippen LogP contribution is 2.43. The van der Waals surface area contributed by atoms with E-state index >= 15 is 0 Å². The van der Waals surface area contributed by atoms with Crippen molar-refractivity contribution in [3.05, 3.63) is 121 Å². The summed E-state index contributed by atoms with van der Waals surface area (Å²) in [7, 11) is -10.7. The molecule has 4 aromatic carbocycles. The first-order valence-corrected chi connectivity index (χ1v) is 28.2. The number of hydrogen-bond donors (Lipinski definition) is 0. The average molecular weight is 699 g/mol. The fourth-order valence-electron chi connectivity index (χ4n) is 7.77. The lowest BCUT2D eigenvalue weighted by Gasteiger charge is -2.59. The maximum Gasteiger partial charge on any atom is 0.286 e. The van der Waals surface area contributed by atoms with Crippen LogP contribution in [-0.4, -0.2) is 43.7 Å². The van der Waals surface area contributed by atoms with Gasteiger partial charge in [0.1, 0.15) is 0 Å². The first kappa shape index (κ1) is 37.4. The van der Waals surface area contributed by atoms with Crippen LogP contribution in [0.2, 0.25) is 39.3 Å².